The third-order valence-corrected chi connectivity index (χ3v) is 3.82. The summed E-state index contributed by atoms with van der Waals surface area (Å²) >= 11 is 0. The van der Waals surface area contributed by atoms with Crippen molar-refractivity contribution in [2.45, 2.75) is 0 Å². The van der Waals surface area contributed by atoms with E-state index in [-0.39, 0.29) is 5.91 Å². The van der Waals surface area contributed by atoms with E-state index >= 15 is 0 Å². The van der Waals surface area contributed by atoms with Gasteiger partial charge in [0.15, 0.2) is 0 Å². The van der Waals surface area contributed by atoms with E-state index in [0.29, 0.717) is 12.1 Å². The molecular weight excluding hydrogens is 254 g/mol. The van der Waals surface area contributed by atoms with Crippen molar-refractivity contribution in [2.24, 2.45) is 5.73 Å². The van der Waals surface area contributed by atoms with Crippen LogP contribution in [0.25, 0.3) is 11.0 Å². The maximum Gasteiger partial charge on any atom is 0.257 e. The van der Waals surface area contributed by atoms with Crippen molar-refractivity contribution >= 4 is 16.9 Å². The number of carbonyl (C=O) groups is 1. The predicted octanol–water partition coefficient (Wildman–Crippen LogP) is 1.15. The van der Waals surface area contributed by atoms with Crippen molar-refractivity contribution in [3.05, 3.63) is 36.1 Å². The SMILES string of the molecule is NCCN1CCN(C(=O)c2coc3ccccc23)CC1. The van der Waals surface area contributed by atoms with Crippen molar-refractivity contribution in [1.29, 1.82) is 0 Å². The number of piperazine rings is 1. The van der Waals surface area contributed by atoms with Crippen LogP contribution in [0.15, 0.2) is 34.9 Å². The van der Waals surface area contributed by atoms with Gasteiger partial charge in [-0.05, 0) is 6.07 Å². The number of benzene rings is 1. The molecule has 1 saturated heterocycles. The van der Waals surface area contributed by atoms with Gasteiger partial charge in [-0.15, -0.1) is 0 Å². The lowest BCUT2D eigenvalue weighted by Gasteiger charge is -2.34. The Bertz CT molecular complexity index is 600. The third-order valence-electron chi connectivity index (χ3n) is 3.82. The summed E-state index contributed by atoms with van der Waals surface area (Å²) in [5.74, 6) is 0.0577. The standard InChI is InChI=1S/C15H19N3O2/c16-5-6-17-7-9-18(10-8-17)15(19)13-11-20-14-4-2-1-3-12(13)14/h1-4,11H,5-10,16H2. The van der Waals surface area contributed by atoms with Crippen molar-refractivity contribution < 1.29 is 9.21 Å². The number of carbonyl (C=O) groups excluding carboxylic acids is 1. The van der Waals surface area contributed by atoms with Gasteiger partial charge in [0.05, 0.1) is 5.56 Å². The molecule has 1 aliphatic heterocycles. The first-order chi connectivity index (χ1) is 9.79. The number of nitrogens with two attached hydrogens (primary N) is 1. The number of hydrogen-bond donors (Lipinski definition) is 1. The lowest BCUT2D eigenvalue weighted by molar-refractivity contribution is 0.0642. The highest BCUT2D eigenvalue weighted by atomic mass is 16.3. The fraction of sp³-hybridized carbons (Fsp3) is 0.400. The van der Waals surface area contributed by atoms with Crippen LogP contribution in [0, 0.1) is 0 Å². The maximum absolute atomic E-state index is 12.6. The molecule has 2 aromatic rings. The molecule has 5 nitrogen and oxygen atoms in total. The molecule has 3 rings (SSSR count). The van der Waals surface area contributed by atoms with Gasteiger partial charge in [-0.1, -0.05) is 18.2 Å². The van der Waals surface area contributed by atoms with Crippen molar-refractivity contribution in [3.8, 4) is 0 Å². The van der Waals surface area contributed by atoms with Gasteiger partial charge < -0.3 is 15.1 Å². The summed E-state index contributed by atoms with van der Waals surface area (Å²) in [5, 5.41) is 0.891. The number of para-hydroxylation sites is 1. The Hall–Kier alpha value is -1.85. The first-order valence-corrected chi connectivity index (χ1v) is 6.97. The summed E-state index contributed by atoms with van der Waals surface area (Å²) in [7, 11) is 0. The first kappa shape index (κ1) is 13.1. The summed E-state index contributed by atoms with van der Waals surface area (Å²) in [6, 6.07) is 7.64. The monoisotopic (exact) mass is 273 g/mol. The van der Waals surface area contributed by atoms with Crippen LogP contribution in [0.5, 0.6) is 0 Å². The summed E-state index contributed by atoms with van der Waals surface area (Å²) < 4.78 is 5.45. The summed E-state index contributed by atoms with van der Waals surface area (Å²) in [5.41, 5.74) is 6.98. The van der Waals surface area contributed by atoms with Crippen LogP contribution in [0.1, 0.15) is 10.4 Å². The largest absolute Gasteiger partial charge is 0.463 e. The van der Waals surface area contributed by atoms with E-state index in [9.17, 15) is 4.79 Å². The van der Waals surface area contributed by atoms with Gasteiger partial charge in [-0.25, -0.2) is 0 Å². The molecule has 0 spiro atoms. The fourth-order valence-electron chi connectivity index (χ4n) is 2.67. The quantitative estimate of drug-likeness (QED) is 0.911. The van der Waals surface area contributed by atoms with Gasteiger partial charge in [0, 0.05) is 44.7 Å². The van der Waals surface area contributed by atoms with E-state index in [1.165, 1.54) is 0 Å². The molecule has 5 heteroatoms. The molecule has 1 aliphatic rings. The van der Waals surface area contributed by atoms with Crippen LogP contribution in [0.3, 0.4) is 0 Å². The molecule has 0 saturated carbocycles. The van der Waals surface area contributed by atoms with E-state index in [1.54, 1.807) is 6.26 Å². The van der Waals surface area contributed by atoms with Crippen LogP contribution < -0.4 is 5.73 Å². The van der Waals surface area contributed by atoms with E-state index in [4.69, 9.17) is 10.2 Å². The van der Waals surface area contributed by atoms with E-state index in [2.05, 4.69) is 4.90 Å². The zero-order valence-corrected chi connectivity index (χ0v) is 11.4. The van der Waals surface area contributed by atoms with Gasteiger partial charge in [-0.2, -0.15) is 0 Å². The highest BCUT2D eigenvalue weighted by Gasteiger charge is 2.24. The number of nitrogens with zero attached hydrogens (tertiary/aromatic N) is 2. The minimum atomic E-state index is 0.0577. The summed E-state index contributed by atoms with van der Waals surface area (Å²) in [6.45, 7) is 4.84. The average Bonchev–Trinajstić information content (AvgIpc) is 2.92. The maximum atomic E-state index is 12.6. The number of furan rings is 1. The van der Waals surface area contributed by atoms with Gasteiger partial charge in [0.1, 0.15) is 11.8 Å². The Morgan fingerprint density at radius 1 is 1.20 bits per heavy atom. The fourth-order valence-corrected chi connectivity index (χ4v) is 2.67. The molecular formula is C15H19N3O2. The van der Waals surface area contributed by atoms with Gasteiger partial charge in [0.2, 0.25) is 0 Å². The van der Waals surface area contributed by atoms with E-state index in [1.807, 2.05) is 29.2 Å². The second-order valence-corrected chi connectivity index (χ2v) is 5.07. The highest BCUT2D eigenvalue weighted by Crippen LogP contribution is 2.22. The zero-order chi connectivity index (χ0) is 13.9. The molecule has 0 radical (unpaired) electrons. The Morgan fingerprint density at radius 2 is 1.95 bits per heavy atom. The smallest absolute Gasteiger partial charge is 0.257 e. The molecule has 1 amide bonds. The van der Waals surface area contributed by atoms with Crippen LogP contribution in [-0.2, 0) is 0 Å². The summed E-state index contributed by atoms with van der Waals surface area (Å²) in [4.78, 5) is 16.7. The number of amides is 1. The second-order valence-electron chi connectivity index (χ2n) is 5.07. The molecule has 0 aliphatic carbocycles. The number of fused-ring (bicyclic) bond motifs is 1. The molecule has 2 N–H and O–H groups in total. The Labute approximate surface area is 117 Å². The Morgan fingerprint density at radius 3 is 2.70 bits per heavy atom. The molecule has 20 heavy (non-hydrogen) atoms. The third kappa shape index (κ3) is 2.42. The molecule has 0 atom stereocenters. The lowest BCUT2D eigenvalue weighted by Crippen LogP contribution is -2.49. The van der Waals surface area contributed by atoms with Crippen LogP contribution in [0.2, 0.25) is 0 Å². The minimum Gasteiger partial charge on any atom is -0.463 e. The summed E-state index contributed by atoms with van der Waals surface area (Å²) in [6.07, 6.45) is 1.57. The average molecular weight is 273 g/mol. The lowest BCUT2D eigenvalue weighted by atomic mass is 10.1. The van der Waals surface area contributed by atoms with Gasteiger partial charge in [-0.3, -0.25) is 9.69 Å². The van der Waals surface area contributed by atoms with Crippen molar-refractivity contribution in [3.63, 3.8) is 0 Å². The van der Waals surface area contributed by atoms with E-state index in [0.717, 1.165) is 43.7 Å². The van der Waals surface area contributed by atoms with Crippen molar-refractivity contribution in [2.75, 3.05) is 39.3 Å². The van der Waals surface area contributed by atoms with Crippen molar-refractivity contribution in [1.82, 2.24) is 9.80 Å². The van der Waals surface area contributed by atoms with Crippen LogP contribution in [0.4, 0.5) is 0 Å². The highest BCUT2D eigenvalue weighted by molar-refractivity contribution is 6.05. The zero-order valence-electron chi connectivity index (χ0n) is 11.4. The minimum absolute atomic E-state index is 0.0577. The molecule has 1 aromatic heterocycles. The molecule has 0 bridgehead atoms. The Kier molecular flexibility index (Phi) is 3.71. The topological polar surface area (TPSA) is 62.7 Å². The van der Waals surface area contributed by atoms with Crippen LogP contribution >= 0.6 is 0 Å². The number of hydrogen-bond acceptors (Lipinski definition) is 4. The van der Waals surface area contributed by atoms with E-state index < -0.39 is 0 Å². The van der Waals surface area contributed by atoms with Crippen LogP contribution in [-0.4, -0.2) is 55.0 Å². The number of rotatable bonds is 3. The van der Waals surface area contributed by atoms with Gasteiger partial charge in [0.25, 0.3) is 5.91 Å². The second kappa shape index (κ2) is 5.64. The molecule has 1 fully saturated rings. The predicted molar refractivity (Wildman–Crippen MR) is 77.6 cm³/mol. The molecule has 106 valence electrons. The van der Waals surface area contributed by atoms with Gasteiger partial charge >= 0.3 is 0 Å². The Balaban J connectivity index is 1.74. The molecule has 1 aromatic carbocycles. The normalized spacial score (nSPS) is 16.8. The first-order valence-electron chi connectivity index (χ1n) is 6.97. The molecule has 2 heterocycles. The molecule has 0 unspecified atom stereocenters.